The molecule has 0 bridgehead atoms. The lowest BCUT2D eigenvalue weighted by atomic mass is 10.1. The summed E-state index contributed by atoms with van der Waals surface area (Å²) < 4.78 is 7.47. The normalized spacial score (nSPS) is 11.0. The lowest BCUT2D eigenvalue weighted by Gasteiger charge is -2.05. The van der Waals surface area contributed by atoms with E-state index in [-0.39, 0.29) is 5.91 Å². The molecule has 29 heavy (non-hydrogen) atoms. The van der Waals surface area contributed by atoms with Gasteiger partial charge < -0.3 is 10.1 Å². The minimum atomic E-state index is -0.0315. The number of hydrogen-bond acceptors (Lipinski definition) is 4. The molecule has 2 aromatic heterocycles. The van der Waals surface area contributed by atoms with E-state index < -0.39 is 0 Å². The number of nitrogens with one attached hydrogen (secondary N) is 1. The van der Waals surface area contributed by atoms with E-state index in [2.05, 4.69) is 10.3 Å². The van der Waals surface area contributed by atoms with Crippen LogP contribution < -0.4 is 10.1 Å². The summed E-state index contributed by atoms with van der Waals surface area (Å²) in [5.74, 6) is 0.811. The minimum absolute atomic E-state index is 0.0315. The van der Waals surface area contributed by atoms with Gasteiger partial charge in [0.25, 0.3) is 0 Å². The number of thiazole rings is 1. The lowest BCUT2D eigenvalue weighted by molar-refractivity contribution is -0.120. The van der Waals surface area contributed by atoms with Gasteiger partial charge in [-0.25, -0.2) is 4.98 Å². The number of nitrogens with zero attached hydrogens (tertiary/aromatic N) is 2. The molecule has 1 N–H and O–H groups in total. The standard InChI is InChI=1S/C22H20ClN3O2S/c1-2-28-19-9-5-16(6-10-19)20-13-26-18(14-29-22(26)25-20)11-21(27)24-12-15-3-7-17(23)8-4-15/h3-10,13-14H,2,11-12H2,1H3,(H,24,27). The number of hydrogen-bond donors (Lipinski definition) is 1. The maximum absolute atomic E-state index is 12.4. The van der Waals surface area contributed by atoms with Crippen molar-refractivity contribution in [3.63, 3.8) is 0 Å². The molecule has 0 saturated heterocycles. The summed E-state index contributed by atoms with van der Waals surface area (Å²) in [5.41, 5.74) is 3.83. The average Bonchev–Trinajstić information content (AvgIpc) is 3.30. The number of aromatic nitrogens is 2. The zero-order chi connectivity index (χ0) is 20.2. The van der Waals surface area contributed by atoms with E-state index in [1.807, 2.05) is 71.4 Å². The summed E-state index contributed by atoms with van der Waals surface area (Å²) >= 11 is 7.42. The molecular formula is C22H20ClN3O2S. The fourth-order valence-electron chi connectivity index (χ4n) is 3.01. The highest BCUT2D eigenvalue weighted by atomic mass is 35.5. The summed E-state index contributed by atoms with van der Waals surface area (Å²) in [7, 11) is 0. The first-order valence-corrected chi connectivity index (χ1v) is 10.6. The fourth-order valence-corrected chi connectivity index (χ4v) is 4.01. The second-order valence-corrected chi connectivity index (χ2v) is 7.82. The van der Waals surface area contributed by atoms with Gasteiger partial charge in [-0.2, -0.15) is 0 Å². The Labute approximate surface area is 177 Å². The molecule has 5 nitrogen and oxygen atoms in total. The first-order chi connectivity index (χ1) is 14.1. The van der Waals surface area contributed by atoms with Crippen LogP contribution >= 0.6 is 22.9 Å². The molecule has 7 heteroatoms. The number of halogens is 1. The van der Waals surface area contributed by atoms with Gasteiger partial charge in [-0.1, -0.05) is 23.7 Å². The molecule has 0 atom stereocenters. The summed E-state index contributed by atoms with van der Waals surface area (Å²) in [6.07, 6.45) is 2.27. The van der Waals surface area contributed by atoms with Crippen molar-refractivity contribution in [2.75, 3.05) is 6.61 Å². The fraction of sp³-hybridized carbons (Fsp3) is 0.182. The number of amides is 1. The topological polar surface area (TPSA) is 55.6 Å². The number of imidazole rings is 1. The molecular weight excluding hydrogens is 406 g/mol. The number of ether oxygens (including phenoxy) is 1. The summed E-state index contributed by atoms with van der Waals surface area (Å²) in [6.45, 7) is 3.08. The summed E-state index contributed by atoms with van der Waals surface area (Å²) in [5, 5.41) is 5.62. The zero-order valence-corrected chi connectivity index (χ0v) is 17.5. The van der Waals surface area contributed by atoms with E-state index in [0.717, 1.165) is 33.2 Å². The SMILES string of the molecule is CCOc1ccc(-c2cn3c(CC(=O)NCc4ccc(Cl)cc4)csc3n2)cc1. The Kier molecular flexibility index (Phi) is 5.83. The Morgan fingerprint density at radius 2 is 1.93 bits per heavy atom. The van der Waals surface area contributed by atoms with Gasteiger partial charge in [-0.15, -0.1) is 11.3 Å². The molecule has 0 aliphatic carbocycles. The first-order valence-electron chi connectivity index (χ1n) is 9.32. The zero-order valence-electron chi connectivity index (χ0n) is 15.9. The van der Waals surface area contributed by atoms with Gasteiger partial charge in [0.2, 0.25) is 5.91 Å². The van der Waals surface area contributed by atoms with Gasteiger partial charge in [0.05, 0.1) is 18.7 Å². The van der Waals surface area contributed by atoms with Crippen LogP contribution in [-0.4, -0.2) is 21.9 Å². The van der Waals surface area contributed by atoms with Crippen LogP contribution in [0.5, 0.6) is 5.75 Å². The van der Waals surface area contributed by atoms with Crippen LogP contribution in [0.2, 0.25) is 5.02 Å². The molecule has 0 fully saturated rings. The average molecular weight is 426 g/mol. The van der Waals surface area contributed by atoms with Gasteiger partial charge in [0.15, 0.2) is 4.96 Å². The van der Waals surface area contributed by atoms with Gasteiger partial charge in [-0.3, -0.25) is 9.20 Å². The largest absolute Gasteiger partial charge is 0.494 e. The van der Waals surface area contributed by atoms with Gasteiger partial charge >= 0.3 is 0 Å². The van der Waals surface area contributed by atoms with Gasteiger partial charge in [0, 0.05) is 34.4 Å². The molecule has 148 valence electrons. The summed E-state index contributed by atoms with van der Waals surface area (Å²) in [6, 6.07) is 15.3. The van der Waals surface area contributed by atoms with Crippen molar-refractivity contribution in [3.8, 4) is 17.0 Å². The van der Waals surface area contributed by atoms with Crippen LogP contribution in [0.25, 0.3) is 16.2 Å². The Balaban J connectivity index is 1.44. The van der Waals surface area contributed by atoms with E-state index >= 15 is 0 Å². The molecule has 2 heterocycles. The predicted molar refractivity (Wildman–Crippen MR) is 117 cm³/mol. The van der Waals surface area contributed by atoms with Crippen LogP contribution in [-0.2, 0) is 17.8 Å². The highest BCUT2D eigenvalue weighted by Gasteiger charge is 2.12. The Morgan fingerprint density at radius 3 is 2.66 bits per heavy atom. The van der Waals surface area contributed by atoms with Gasteiger partial charge in [-0.05, 0) is 48.9 Å². The molecule has 0 saturated carbocycles. The van der Waals surface area contributed by atoms with E-state index in [1.165, 1.54) is 11.3 Å². The summed E-state index contributed by atoms with van der Waals surface area (Å²) in [4.78, 5) is 17.9. The Hall–Kier alpha value is -2.83. The van der Waals surface area contributed by atoms with E-state index in [1.54, 1.807) is 0 Å². The van der Waals surface area contributed by atoms with Crippen LogP contribution in [0.15, 0.2) is 60.1 Å². The van der Waals surface area contributed by atoms with Crippen LogP contribution in [0.3, 0.4) is 0 Å². The molecule has 0 radical (unpaired) electrons. The monoisotopic (exact) mass is 425 g/mol. The number of carbonyl (C=O) groups is 1. The van der Waals surface area contributed by atoms with Crippen molar-refractivity contribution in [1.82, 2.24) is 14.7 Å². The third kappa shape index (κ3) is 4.60. The number of benzene rings is 2. The van der Waals surface area contributed by atoms with E-state index in [0.29, 0.717) is 24.6 Å². The Bertz CT molecular complexity index is 1120. The maximum Gasteiger partial charge on any atom is 0.226 e. The first kappa shape index (κ1) is 19.5. The van der Waals surface area contributed by atoms with E-state index in [9.17, 15) is 4.79 Å². The van der Waals surface area contributed by atoms with Crippen molar-refractivity contribution in [2.24, 2.45) is 0 Å². The molecule has 4 aromatic rings. The predicted octanol–water partition coefficient (Wildman–Crippen LogP) is 4.97. The van der Waals surface area contributed by atoms with Crippen LogP contribution in [0.4, 0.5) is 0 Å². The van der Waals surface area contributed by atoms with Crippen molar-refractivity contribution in [2.45, 2.75) is 19.9 Å². The third-order valence-electron chi connectivity index (χ3n) is 4.49. The number of rotatable bonds is 7. The molecule has 2 aromatic carbocycles. The third-order valence-corrected chi connectivity index (χ3v) is 5.63. The van der Waals surface area contributed by atoms with Crippen molar-refractivity contribution < 1.29 is 9.53 Å². The smallest absolute Gasteiger partial charge is 0.226 e. The molecule has 0 aliphatic rings. The van der Waals surface area contributed by atoms with Crippen molar-refractivity contribution >= 4 is 33.8 Å². The van der Waals surface area contributed by atoms with E-state index in [4.69, 9.17) is 16.3 Å². The lowest BCUT2D eigenvalue weighted by Crippen LogP contribution is -2.24. The number of fused-ring (bicyclic) bond motifs is 1. The minimum Gasteiger partial charge on any atom is -0.494 e. The number of carbonyl (C=O) groups excluding carboxylic acids is 1. The second kappa shape index (κ2) is 8.68. The van der Waals surface area contributed by atoms with Gasteiger partial charge in [0.1, 0.15) is 5.75 Å². The molecule has 0 spiro atoms. The van der Waals surface area contributed by atoms with Crippen LogP contribution in [0, 0.1) is 0 Å². The van der Waals surface area contributed by atoms with Crippen molar-refractivity contribution in [1.29, 1.82) is 0 Å². The maximum atomic E-state index is 12.4. The van der Waals surface area contributed by atoms with Crippen LogP contribution in [0.1, 0.15) is 18.2 Å². The van der Waals surface area contributed by atoms with Crippen molar-refractivity contribution in [3.05, 3.63) is 76.4 Å². The molecule has 1 amide bonds. The highest BCUT2D eigenvalue weighted by molar-refractivity contribution is 7.15. The molecule has 0 aliphatic heterocycles. The quantitative estimate of drug-likeness (QED) is 0.454. The highest BCUT2D eigenvalue weighted by Crippen LogP contribution is 2.25. The molecule has 4 rings (SSSR count). The second-order valence-electron chi connectivity index (χ2n) is 6.54. The molecule has 0 unspecified atom stereocenters. The Morgan fingerprint density at radius 1 is 1.17 bits per heavy atom.